The fourth-order valence-corrected chi connectivity index (χ4v) is 2.04. The molecule has 0 bridgehead atoms. The molecule has 0 heterocycles. The van der Waals surface area contributed by atoms with Crippen LogP contribution in [0, 0.1) is 0 Å². The largest absolute Gasteiger partial charge is 0.456 e. The highest BCUT2D eigenvalue weighted by Crippen LogP contribution is 2.25. The summed E-state index contributed by atoms with van der Waals surface area (Å²) in [6.45, 7) is 3.47. The number of hydrogen-bond acceptors (Lipinski definition) is 5. The van der Waals surface area contributed by atoms with Gasteiger partial charge in [0.1, 0.15) is 17.1 Å². The number of urea groups is 1. The molecular formula is C19H20N2O5. The van der Waals surface area contributed by atoms with Gasteiger partial charge in [0, 0.05) is 6.54 Å². The van der Waals surface area contributed by atoms with Crippen LogP contribution >= 0.6 is 0 Å². The molecule has 0 saturated heterocycles. The summed E-state index contributed by atoms with van der Waals surface area (Å²) in [7, 11) is 0. The summed E-state index contributed by atoms with van der Waals surface area (Å²) in [5.74, 6) is -0.573. The minimum atomic E-state index is -1.14. The Morgan fingerprint density at radius 1 is 1.00 bits per heavy atom. The zero-order valence-electron chi connectivity index (χ0n) is 14.5. The Balaban J connectivity index is 2.05. The molecule has 0 spiro atoms. The molecule has 0 aliphatic carbocycles. The fraction of sp³-hybridized carbons (Fsp3) is 0.211. The predicted octanol–water partition coefficient (Wildman–Crippen LogP) is 2.87. The van der Waals surface area contributed by atoms with E-state index >= 15 is 0 Å². The third-order valence-electron chi connectivity index (χ3n) is 3.31. The Hall–Kier alpha value is -3.35. The minimum Gasteiger partial charge on any atom is -0.456 e. The van der Waals surface area contributed by atoms with Gasteiger partial charge < -0.3 is 14.8 Å². The number of para-hydroxylation sites is 2. The Morgan fingerprint density at radius 3 is 2.35 bits per heavy atom. The topological polar surface area (TPSA) is 93.7 Å². The van der Waals surface area contributed by atoms with Gasteiger partial charge in [0.25, 0.3) is 5.91 Å². The van der Waals surface area contributed by atoms with Crippen molar-refractivity contribution in [2.24, 2.45) is 0 Å². The van der Waals surface area contributed by atoms with Crippen LogP contribution in [-0.4, -0.2) is 30.6 Å². The molecular weight excluding hydrogens is 336 g/mol. The van der Waals surface area contributed by atoms with E-state index < -0.39 is 24.0 Å². The highest BCUT2D eigenvalue weighted by atomic mass is 16.5. The van der Waals surface area contributed by atoms with Crippen LogP contribution in [0.5, 0.6) is 11.5 Å². The van der Waals surface area contributed by atoms with E-state index in [2.05, 4.69) is 10.6 Å². The Labute approximate surface area is 151 Å². The molecule has 0 aliphatic heterocycles. The van der Waals surface area contributed by atoms with Crippen molar-refractivity contribution in [1.29, 1.82) is 0 Å². The van der Waals surface area contributed by atoms with E-state index in [0.29, 0.717) is 18.0 Å². The summed E-state index contributed by atoms with van der Waals surface area (Å²) >= 11 is 0. The maximum Gasteiger partial charge on any atom is 0.342 e. The van der Waals surface area contributed by atoms with Crippen molar-refractivity contribution in [2.45, 2.75) is 20.0 Å². The zero-order chi connectivity index (χ0) is 18.9. The number of ether oxygens (including phenoxy) is 2. The molecule has 2 aromatic rings. The minimum absolute atomic E-state index is 0.175. The van der Waals surface area contributed by atoms with Crippen LogP contribution in [0.4, 0.5) is 4.79 Å². The monoisotopic (exact) mass is 356 g/mol. The molecule has 3 amide bonds. The average Bonchev–Trinajstić information content (AvgIpc) is 2.63. The van der Waals surface area contributed by atoms with Gasteiger partial charge in [0.15, 0.2) is 6.10 Å². The highest BCUT2D eigenvalue weighted by molar-refractivity contribution is 5.99. The smallest absolute Gasteiger partial charge is 0.342 e. The average molecular weight is 356 g/mol. The molecule has 1 atom stereocenters. The number of benzene rings is 2. The molecule has 26 heavy (non-hydrogen) atoms. The molecule has 2 N–H and O–H groups in total. The lowest BCUT2D eigenvalue weighted by molar-refractivity contribution is -0.127. The first-order chi connectivity index (χ1) is 12.5. The summed E-state index contributed by atoms with van der Waals surface area (Å²) < 4.78 is 10.8. The van der Waals surface area contributed by atoms with Crippen molar-refractivity contribution in [3.05, 3.63) is 60.2 Å². The molecule has 136 valence electrons. The second-order valence-electron chi connectivity index (χ2n) is 5.31. The van der Waals surface area contributed by atoms with Crippen LogP contribution in [0.2, 0.25) is 0 Å². The first-order valence-corrected chi connectivity index (χ1v) is 8.13. The number of esters is 1. The fourth-order valence-electron chi connectivity index (χ4n) is 2.04. The van der Waals surface area contributed by atoms with Gasteiger partial charge in [-0.2, -0.15) is 0 Å². The van der Waals surface area contributed by atoms with Gasteiger partial charge in [-0.25, -0.2) is 9.59 Å². The Morgan fingerprint density at radius 2 is 1.65 bits per heavy atom. The third-order valence-corrected chi connectivity index (χ3v) is 3.31. The summed E-state index contributed by atoms with van der Waals surface area (Å²) in [4.78, 5) is 35.7. The van der Waals surface area contributed by atoms with Crippen LogP contribution in [0.1, 0.15) is 24.2 Å². The lowest BCUT2D eigenvalue weighted by Gasteiger charge is -2.15. The lowest BCUT2D eigenvalue weighted by Crippen LogP contribution is -2.44. The van der Waals surface area contributed by atoms with Gasteiger partial charge in [-0.3, -0.25) is 10.1 Å². The first-order valence-electron chi connectivity index (χ1n) is 8.13. The maximum atomic E-state index is 12.4. The number of rotatable bonds is 6. The number of carbonyl (C=O) groups excluding carboxylic acids is 3. The van der Waals surface area contributed by atoms with Crippen LogP contribution in [0.25, 0.3) is 0 Å². The van der Waals surface area contributed by atoms with Gasteiger partial charge in [-0.05, 0) is 38.1 Å². The van der Waals surface area contributed by atoms with Gasteiger partial charge >= 0.3 is 12.0 Å². The van der Waals surface area contributed by atoms with Crippen LogP contribution in [-0.2, 0) is 9.53 Å². The SMILES string of the molecule is CCNC(=O)NC(=O)C(C)OC(=O)c1ccccc1Oc1ccccc1. The zero-order valence-corrected chi connectivity index (χ0v) is 14.5. The van der Waals surface area contributed by atoms with Crippen LogP contribution < -0.4 is 15.4 Å². The molecule has 0 saturated carbocycles. The van der Waals surface area contributed by atoms with Crippen molar-refractivity contribution in [2.75, 3.05) is 6.54 Å². The summed E-state index contributed by atoms with van der Waals surface area (Å²) in [5, 5.41) is 4.52. The number of imide groups is 1. The van der Waals surface area contributed by atoms with Crippen molar-refractivity contribution >= 4 is 17.9 Å². The number of hydrogen-bond donors (Lipinski definition) is 2. The van der Waals surface area contributed by atoms with Gasteiger partial charge in [-0.15, -0.1) is 0 Å². The van der Waals surface area contributed by atoms with Crippen molar-refractivity contribution < 1.29 is 23.9 Å². The second-order valence-corrected chi connectivity index (χ2v) is 5.31. The number of carbonyl (C=O) groups is 3. The van der Waals surface area contributed by atoms with Crippen molar-refractivity contribution in [3.8, 4) is 11.5 Å². The summed E-state index contributed by atoms with van der Waals surface area (Å²) in [6, 6.07) is 14.9. The van der Waals surface area contributed by atoms with Gasteiger partial charge in [-0.1, -0.05) is 30.3 Å². The van der Waals surface area contributed by atoms with E-state index in [-0.39, 0.29) is 5.56 Å². The quantitative estimate of drug-likeness (QED) is 0.776. The van der Waals surface area contributed by atoms with E-state index in [9.17, 15) is 14.4 Å². The molecule has 1 unspecified atom stereocenters. The van der Waals surface area contributed by atoms with Gasteiger partial charge in [0.2, 0.25) is 0 Å². The predicted molar refractivity (Wildman–Crippen MR) is 95.1 cm³/mol. The molecule has 0 aliphatic rings. The maximum absolute atomic E-state index is 12.4. The molecule has 0 fully saturated rings. The van der Waals surface area contributed by atoms with E-state index in [1.54, 1.807) is 37.3 Å². The van der Waals surface area contributed by atoms with E-state index in [4.69, 9.17) is 9.47 Å². The van der Waals surface area contributed by atoms with E-state index in [1.807, 2.05) is 18.2 Å². The number of nitrogens with one attached hydrogen (secondary N) is 2. The molecule has 2 aromatic carbocycles. The van der Waals surface area contributed by atoms with Gasteiger partial charge in [0.05, 0.1) is 0 Å². The normalized spacial score (nSPS) is 11.2. The molecule has 0 aromatic heterocycles. The van der Waals surface area contributed by atoms with Crippen molar-refractivity contribution in [1.82, 2.24) is 10.6 Å². The van der Waals surface area contributed by atoms with Crippen molar-refractivity contribution in [3.63, 3.8) is 0 Å². The molecule has 7 nitrogen and oxygen atoms in total. The third kappa shape index (κ3) is 5.34. The second kappa shape index (κ2) is 9.22. The Kier molecular flexibility index (Phi) is 6.73. The molecule has 7 heteroatoms. The lowest BCUT2D eigenvalue weighted by atomic mass is 10.2. The van der Waals surface area contributed by atoms with E-state index in [0.717, 1.165) is 0 Å². The van der Waals surface area contributed by atoms with Crippen LogP contribution in [0.3, 0.4) is 0 Å². The molecule has 2 rings (SSSR count). The first kappa shape index (κ1) is 19.0. The van der Waals surface area contributed by atoms with E-state index in [1.165, 1.54) is 13.0 Å². The summed E-state index contributed by atoms with van der Waals surface area (Å²) in [5.41, 5.74) is 0.175. The number of amides is 3. The highest BCUT2D eigenvalue weighted by Gasteiger charge is 2.22. The van der Waals surface area contributed by atoms with Crippen LogP contribution in [0.15, 0.2) is 54.6 Å². The molecule has 0 radical (unpaired) electrons. The standard InChI is InChI=1S/C19H20N2O5/c1-3-20-19(24)21-17(22)13(2)25-18(23)15-11-7-8-12-16(15)26-14-9-5-4-6-10-14/h4-13H,3H2,1-2H3,(H2,20,21,22,24). The summed E-state index contributed by atoms with van der Waals surface area (Å²) in [6.07, 6.45) is -1.14. The Bertz CT molecular complexity index is 777.